The van der Waals surface area contributed by atoms with E-state index in [2.05, 4.69) is 39.3 Å². The number of rotatable bonds is 6. The number of carbonyl (C=O) groups is 1. The summed E-state index contributed by atoms with van der Waals surface area (Å²) in [6.45, 7) is 5.87. The summed E-state index contributed by atoms with van der Waals surface area (Å²) >= 11 is 0. The Morgan fingerprint density at radius 1 is 1.37 bits per heavy atom. The monoisotopic (exact) mass is 373 g/mol. The highest BCUT2D eigenvalue weighted by molar-refractivity contribution is 5.76. The third kappa shape index (κ3) is 4.48. The summed E-state index contributed by atoms with van der Waals surface area (Å²) in [6, 6.07) is 4.06. The maximum absolute atomic E-state index is 12.7. The van der Waals surface area contributed by atoms with Gasteiger partial charge in [0.1, 0.15) is 6.54 Å². The topological polar surface area (TPSA) is 100 Å². The Morgan fingerprint density at radius 2 is 2.11 bits per heavy atom. The molecule has 2 aromatic rings. The maximum Gasteiger partial charge on any atom is 0.244 e. The molecule has 146 valence electrons. The lowest BCUT2D eigenvalue weighted by Gasteiger charge is -2.38. The summed E-state index contributed by atoms with van der Waals surface area (Å²) in [5.41, 5.74) is -0.123. The first-order chi connectivity index (χ1) is 12.9. The van der Waals surface area contributed by atoms with Crippen molar-refractivity contribution < 1.29 is 9.90 Å². The number of aromatic nitrogens is 5. The van der Waals surface area contributed by atoms with Crippen molar-refractivity contribution >= 4 is 5.91 Å². The first-order valence-electron chi connectivity index (χ1n) is 9.25. The molecule has 2 aromatic heterocycles. The minimum absolute atomic E-state index is 0.0380. The Morgan fingerprint density at radius 3 is 2.74 bits per heavy atom. The van der Waals surface area contributed by atoms with Gasteiger partial charge in [0.15, 0.2) is 5.82 Å². The minimum Gasteiger partial charge on any atom is -0.385 e. The SMILES string of the molecule is CC(C)N(C)Cc1nnnn1CC(=O)N1CCC(O)(c2cccnc2)CC1. The highest BCUT2D eigenvalue weighted by atomic mass is 16.3. The van der Waals surface area contributed by atoms with Crippen molar-refractivity contribution in [2.24, 2.45) is 0 Å². The van der Waals surface area contributed by atoms with Crippen LogP contribution in [0, 0.1) is 0 Å². The van der Waals surface area contributed by atoms with Gasteiger partial charge in [-0.05, 0) is 50.2 Å². The molecule has 3 rings (SSSR count). The van der Waals surface area contributed by atoms with Gasteiger partial charge in [-0.3, -0.25) is 14.7 Å². The molecule has 0 atom stereocenters. The number of nitrogens with zero attached hydrogens (tertiary/aromatic N) is 7. The molecule has 9 heteroatoms. The molecular formula is C18H27N7O2. The van der Waals surface area contributed by atoms with Crippen LogP contribution in [0.1, 0.15) is 38.1 Å². The quantitative estimate of drug-likeness (QED) is 0.783. The zero-order valence-electron chi connectivity index (χ0n) is 16.1. The predicted molar refractivity (Wildman–Crippen MR) is 98.4 cm³/mol. The van der Waals surface area contributed by atoms with E-state index in [9.17, 15) is 9.90 Å². The van der Waals surface area contributed by atoms with Crippen molar-refractivity contribution in [1.82, 2.24) is 35.0 Å². The van der Waals surface area contributed by atoms with Crippen molar-refractivity contribution in [3.8, 4) is 0 Å². The summed E-state index contributed by atoms with van der Waals surface area (Å²) < 4.78 is 1.56. The fourth-order valence-corrected chi connectivity index (χ4v) is 3.15. The first-order valence-corrected chi connectivity index (χ1v) is 9.25. The number of amides is 1. The van der Waals surface area contributed by atoms with Crippen molar-refractivity contribution in [2.45, 2.75) is 51.4 Å². The fraction of sp³-hybridized carbons (Fsp3) is 0.611. The average molecular weight is 373 g/mol. The number of aliphatic hydroxyl groups is 1. The normalized spacial score (nSPS) is 16.9. The van der Waals surface area contributed by atoms with Crippen LogP contribution < -0.4 is 0 Å². The number of pyridine rings is 1. The van der Waals surface area contributed by atoms with E-state index in [1.807, 2.05) is 19.2 Å². The summed E-state index contributed by atoms with van der Waals surface area (Å²) in [4.78, 5) is 20.7. The lowest BCUT2D eigenvalue weighted by molar-refractivity contribution is -0.136. The summed E-state index contributed by atoms with van der Waals surface area (Å²) in [6.07, 6.45) is 4.36. The van der Waals surface area contributed by atoms with Crippen LogP contribution in [0.15, 0.2) is 24.5 Å². The van der Waals surface area contributed by atoms with Gasteiger partial charge in [-0.1, -0.05) is 6.07 Å². The molecule has 1 saturated heterocycles. The van der Waals surface area contributed by atoms with E-state index in [1.54, 1.807) is 22.0 Å². The second kappa shape index (κ2) is 8.10. The molecule has 9 nitrogen and oxygen atoms in total. The molecule has 1 aliphatic rings. The highest BCUT2D eigenvalue weighted by Gasteiger charge is 2.35. The molecular weight excluding hydrogens is 346 g/mol. The van der Waals surface area contributed by atoms with E-state index in [0.717, 1.165) is 5.56 Å². The van der Waals surface area contributed by atoms with Crippen molar-refractivity contribution in [2.75, 3.05) is 20.1 Å². The molecule has 0 bridgehead atoms. The molecule has 0 radical (unpaired) electrons. The average Bonchev–Trinajstić information content (AvgIpc) is 3.09. The second-order valence-electron chi connectivity index (χ2n) is 7.42. The number of piperidine rings is 1. The first kappa shape index (κ1) is 19.4. The maximum atomic E-state index is 12.7. The van der Waals surface area contributed by atoms with Crippen LogP contribution in [-0.4, -0.2) is 72.2 Å². The molecule has 0 spiro atoms. The van der Waals surface area contributed by atoms with E-state index >= 15 is 0 Å². The Bertz CT molecular complexity index is 754. The van der Waals surface area contributed by atoms with Crippen molar-refractivity contribution in [1.29, 1.82) is 0 Å². The Kier molecular flexibility index (Phi) is 5.81. The molecule has 27 heavy (non-hydrogen) atoms. The smallest absolute Gasteiger partial charge is 0.244 e. The molecule has 1 N–H and O–H groups in total. The van der Waals surface area contributed by atoms with Gasteiger partial charge < -0.3 is 10.0 Å². The van der Waals surface area contributed by atoms with Gasteiger partial charge in [0, 0.05) is 37.1 Å². The molecule has 1 aliphatic heterocycles. The van der Waals surface area contributed by atoms with E-state index in [4.69, 9.17) is 0 Å². The van der Waals surface area contributed by atoms with Crippen LogP contribution >= 0.6 is 0 Å². The van der Waals surface area contributed by atoms with Crippen LogP contribution in [0.2, 0.25) is 0 Å². The number of carbonyl (C=O) groups excluding carboxylic acids is 1. The number of tetrazole rings is 1. The van der Waals surface area contributed by atoms with Gasteiger partial charge in [-0.2, -0.15) is 0 Å². The Labute approximate surface area is 159 Å². The van der Waals surface area contributed by atoms with Gasteiger partial charge in [0.05, 0.1) is 12.1 Å². The third-order valence-corrected chi connectivity index (χ3v) is 5.31. The van der Waals surface area contributed by atoms with Crippen molar-refractivity contribution in [3.63, 3.8) is 0 Å². The number of hydrogen-bond acceptors (Lipinski definition) is 7. The third-order valence-electron chi connectivity index (χ3n) is 5.31. The van der Waals surface area contributed by atoms with E-state index in [-0.39, 0.29) is 12.5 Å². The van der Waals surface area contributed by atoms with Gasteiger partial charge in [0.2, 0.25) is 5.91 Å². The van der Waals surface area contributed by atoms with E-state index < -0.39 is 5.60 Å². The summed E-state index contributed by atoms with van der Waals surface area (Å²) in [5.74, 6) is 0.632. The zero-order valence-corrected chi connectivity index (χ0v) is 16.1. The number of hydrogen-bond donors (Lipinski definition) is 1. The predicted octanol–water partition coefficient (Wildman–Crippen LogP) is 0.419. The fourth-order valence-electron chi connectivity index (χ4n) is 3.15. The minimum atomic E-state index is -0.926. The zero-order chi connectivity index (χ0) is 19.4. The molecule has 0 aromatic carbocycles. The lowest BCUT2D eigenvalue weighted by atomic mass is 9.85. The Hall–Kier alpha value is -2.39. The Balaban J connectivity index is 1.59. The van der Waals surface area contributed by atoms with Crippen LogP contribution in [0.5, 0.6) is 0 Å². The molecule has 3 heterocycles. The van der Waals surface area contributed by atoms with Crippen molar-refractivity contribution in [3.05, 3.63) is 35.9 Å². The summed E-state index contributed by atoms with van der Waals surface area (Å²) in [5, 5.41) is 22.6. The standard InChI is InChI=1S/C18H27N7O2/c1-14(2)23(3)12-16-20-21-22-25(16)13-17(26)24-9-6-18(27,7-10-24)15-5-4-8-19-11-15/h4-5,8,11,14,27H,6-7,9-10,12-13H2,1-3H3. The second-order valence-corrected chi connectivity index (χ2v) is 7.42. The largest absolute Gasteiger partial charge is 0.385 e. The van der Waals surface area contributed by atoms with E-state index in [0.29, 0.717) is 44.3 Å². The van der Waals surface area contributed by atoms with Gasteiger partial charge in [0.25, 0.3) is 0 Å². The van der Waals surface area contributed by atoms with Gasteiger partial charge in [-0.25, -0.2) is 4.68 Å². The van der Waals surface area contributed by atoms with Crippen LogP contribution in [0.25, 0.3) is 0 Å². The van der Waals surface area contributed by atoms with Crippen LogP contribution in [0.4, 0.5) is 0 Å². The highest BCUT2D eigenvalue weighted by Crippen LogP contribution is 2.32. The van der Waals surface area contributed by atoms with E-state index in [1.165, 1.54) is 0 Å². The van der Waals surface area contributed by atoms with Crippen LogP contribution in [0.3, 0.4) is 0 Å². The van der Waals surface area contributed by atoms with Gasteiger partial charge >= 0.3 is 0 Å². The molecule has 0 unspecified atom stereocenters. The lowest BCUT2D eigenvalue weighted by Crippen LogP contribution is -2.46. The molecule has 0 saturated carbocycles. The molecule has 1 fully saturated rings. The summed E-state index contributed by atoms with van der Waals surface area (Å²) in [7, 11) is 2.00. The van der Waals surface area contributed by atoms with Crippen LogP contribution in [-0.2, 0) is 23.5 Å². The molecule has 1 amide bonds. The number of likely N-dealkylation sites (tertiary alicyclic amines) is 1. The molecule has 0 aliphatic carbocycles. The van der Waals surface area contributed by atoms with Gasteiger partial charge in [-0.15, -0.1) is 5.10 Å².